The maximum absolute atomic E-state index is 11.7. The number of alkyl halides is 2. The lowest BCUT2D eigenvalue weighted by Crippen LogP contribution is -2.24. The topological polar surface area (TPSA) is 88.5 Å². The number of ether oxygens (including phenoxy) is 1. The molecule has 0 saturated heterocycles. The number of carboxylic acid groups (broad SMARTS) is 1. The number of hydrogen-bond acceptors (Lipinski definition) is 4. The number of pyridine rings is 1. The lowest BCUT2D eigenvalue weighted by Gasteiger charge is -2.06. The summed E-state index contributed by atoms with van der Waals surface area (Å²) in [6, 6.07) is 2.86. The van der Waals surface area contributed by atoms with E-state index < -0.39 is 19.0 Å². The zero-order valence-corrected chi connectivity index (χ0v) is 10.5. The summed E-state index contributed by atoms with van der Waals surface area (Å²) in [6.07, 6.45) is -1.22. The molecule has 0 atom stereocenters. The normalized spacial score (nSPS) is 10.6. The van der Waals surface area contributed by atoms with E-state index in [0.29, 0.717) is 5.56 Å². The van der Waals surface area contributed by atoms with Gasteiger partial charge in [0.25, 0.3) is 6.43 Å². The monoisotopic (exact) mass is 288 g/mol. The van der Waals surface area contributed by atoms with E-state index in [2.05, 4.69) is 15.0 Å². The van der Waals surface area contributed by atoms with Gasteiger partial charge in [-0.25, -0.2) is 18.6 Å². The quantitative estimate of drug-likeness (QED) is 0.698. The van der Waals surface area contributed by atoms with E-state index in [-0.39, 0.29) is 31.2 Å². The van der Waals surface area contributed by atoms with Crippen molar-refractivity contribution in [3.63, 3.8) is 0 Å². The van der Waals surface area contributed by atoms with Gasteiger partial charge in [0.05, 0.1) is 6.61 Å². The highest BCUT2D eigenvalue weighted by atomic mass is 19.3. The second kappa shape index (κ2) is 8.16. The van der Waals surface area contributed by atoms with Crippen molar-refractivity contribution in [1.82, 2.24) is 10.3 Å². The molecule has 0 unspecified atom stereocenters. The van der Waals surface area contributed by atoms with E-state index in [1.54, 1.807) is 0 Å². The molecule has 1 amide bonds. The van der Waals surface area contributed by atoms with E-state index in [0.717, 1.165) is 0 Å². The lowest BCUT2D eigenvalue weighted by atomic mass is 10.2. The molecule has 0 saturated carbocycles. The molecule has 0 aliphatic heterocycles. The molecule has 0 bridgehead atoms. The molecule has 1 rings (SSSR count). The third-order valence-corrected chi connectivity index (χ3v) is 2.25. The summed E-state index contributed by atoms with van der Waals surface area (Å²) in [5.74, 6) is -1.47. The fourth-order valence-corrected chi connectivity index (χ4v) is 1.28. The van der Waals surface area contributed by atoms with Gasteiger partial charge >= 0.3 is 5.97 Å². The Bertz CT molecular complexity index is 451. The molecule has 0 aliphatic rings. The molecular weight excluding hydrogens is 274 g/mol. The number of carbonyl (C=O) groups is 2. The molecule has 0 aromatic carbocycles. The largest absolute Gasteiger partial charge is 0.477 e. The van der Waals surface area contributed by atoms with Crippen LogP contribution in [0, 0.1) is 0 Å². The number of nitrogens with zero attached hydrogens (tertiary/aromatic N) is 1. The predicted molar refractivity (Wildman–Crippen MR) is 64.5 cm³/mol. The second-order valence-electron chi connectivity index (χ2n) is 3.85. The van der Waals surface area contributed by atoms with E-state index in [4.69, 9.17) is 5.11 Å². The SMILES string of the molecule is O=C(CCOCC(F)F)NCc1ccc(C(=O)O)nc1. The van der Waals surface area contributed by atoms with Crippen LogP contribution >= 0.6 is 0 Å². The van der Waals surface area contributed by atoms with Crippen molar-refractivity contribution >= 4 is 11.9 Å². The number of halogens is 2. The molecule has 8 heteroatoms. The van der Waals surface area contributed by atoms with Gasteiger partial charge in [-0.1, -0.05) is 6.07 Å². The summed E-state index contributed by atoms with van der Waals surface area (Å²) in [4.78, 5) is 25.6. The highest BCUT2D eigenvalue weighted by Crippen LogP contribution is 2.00. The van der Waals surface area contributed by atoms with E-state index in [9.17, 15) is 18.4 Å². The summed E-state index contributed by atoms with van der Waals surface area (Å²) in [6.45, 7) is -0.583. The first kappa shape index (κ1) is 16.0. The fraction of sp³-hybridized carbons (Fsp3) is 0.417. The van der Waals surface area contributed by atoms with Crippen molar-refractivity contribution in [2.24, 2.45) is 0 Å². The molecular formula is C12H14F2N2O4. The summed E-state index contributed by atoms with van der Waals surface area (Å²) in [5.41, 5.74) is 0.553. The van der Waals surface area contributed by atoms with Crippen LogP contribution < -0.4 is 5.32 Å². The smallest absolute Gasteiger partial charge is 0.354 e. The van der Waals surface area contributed by atoms with Gasteiger partial charge in [0.2, 0.25) is 5.91 Å². The zero-order chi connectivity index (χ0) is 15.0. The van der Waals surface area contributed by atoms with Crippen molar-refractivity contribution < 1.29 is 28.2 Å². The summed E-state index contributed by atoms with van der Waals surface area (Å²) in [7, 11) is 0. The Balaban J connectivity index is 2.25. The Morgan fingerprint density at radius 3 is 2.70 bits per heavy atom. The van der Waals surface area contributed by atoms with Gasteiger partial charge in [-0.2, -0.15) is 0 Å². The molecule has 2 N–H and O–H groups in total. The molecule has 0 radical (unpaired) electrons. The van der Waals surface area contributed by atoms with Gasteiger partial charge in [-0.05, 0) is 11.6 Å². The Labute approximate surface area is 113 Å². The zero-order valence-electron chi connectivity index (χ0n) is 10.5. The number of carbonyl (C=O) groups excluding carboxylic acids is 1. The van der Waals surface area contributed by atoms with Crippen LogP contribution in [0.3, 0.4) is 0 Å². The number of amides is 1. The van der Waals surface area contributed by atoms with Gasteiger partial charge in [0.1, 0.15) is 12.3 Å². The maximum Gasteiger partial charge on any atom is 0.354 e. The van der Waals surface area contributed by atoms with Crippen LogP contribution in [-0.2, 0) is 16.1 Å². The minimum Gasteiger partial charge on any atom is -0.477 e. The number of hydrogen-bond donors (Lipinski definition) is 2. The van der Waals surface area contributed by atoms with Crippen LogP contribution in [0.1, 0.15) is 22.5 Å². The average molecular weight is 288 g/mol. The van der Waals surface area contributed by atoms with Crippen LogP contribution in [0.4, 0.5) is 8.78 Å². The number of aromatic nitrogens is 1. The van der Waals surface area contributed by atoms with Crippen LogP contribution in [0.2, 0.25) is 0 Å². The van der Waals surface area contributed by atoms with Crippen molar-refractivity contribution in [3.05, 3.63) is 29.6 Å². The molecule has 110 valence electrons. The van der Waals surface area contributed by atoms with Crippen LogP contribution in [0.25, 0.3) is 0 Å². The van der Waals surface area contributed by atoms with Crippen molar-refractivity contribution in [2.75, 3.05) is 13.2 Å². The van der Waals surface area contributed by atoms with Gasteiger partial charge in [0, 0.05) is 19.2 Å². The molecule has 0 aliphatic carbocycles. The Morgan fingerprint density at radius 2 is 2.15 bits per heavy atom. The van der Waals surface area contributed by atoms with Crippen LogP contribution in [0.5, 0.6) is 0 Å². The van der Waals surface area contributed by atoms with Crippen molar-refractivity contribution in [3.8, 4) is 0 Å². The molecule has 1 aromatic heterocycles. The van der Waals surface area contributed by atoms with E-state index in [1.807, 2.05) is 0 Å². The Morgan fingerprint density at radius 1 is 1.40 bits per heavy atom. The first-order valence-electron chi connectivity index (χ1n) is 5.80. The maximum atomic E-state index is 11.7. The standard InChI is InChI=1S/C12H14F2N2O4/c13-10(14)7-20-4-3-11(17)16-6-8-1-2-9(12(18)19)15-5-8/h1-2,5,10H,3-4,6-7H2,(H,16,17)(H,18,19). The Hall–Kier alpha value is -2.09. The van der Waals surface area contributed by atoms with Gasteiger partial charge < -0.3 is 15.2 Å². The van der Waals surface area contributed by atoms with Crippen LogP contribution in [-0.4, -0.2) is 41.6 Å². The van der Waals surface area contributed by atoms with Crippen LogP contribution in [0.15, 0.2) is 18.3 Å². The lowest BCUT2D eigenvalue weighted by molar-refractivity contribution is -0.122. The minimum atomic E-state index is -2.54. The third-order valence-electron chi connectivity index (χ3n) is 2.25. The molecule has 20 heavy (non-hydrogen) atoms. The molecule has 6 nitrogen and oxygen atoms in total. The summed E-state index contributed by atoms with van der Waals surface area (Å²) >= 11 is 0. The molecule has 1 aromatic rings. The van der Waals surface area contributed by atoms with Gasteiger partial charge in [-0.3, -0.25) is 4.79 Å². The predicted octanol–water partition coefficient (Wildman–Crippen LogP) is 1.07. The first-order chi connectivity index (χ1) is 9.49. The number of nitrogens with one attached hydrogen (secondary N) is 1. The van der Waals surface area contributed by atoms with Crippen molar-refractivity contribution in [2.45, 2.75) is 19.4 Å². The summed E-state index contributed by atoms with van der Waals surface area (Å²) < 4.78 is 28.1. The number of rotatable bonds is 8. The second-order valence-corrected chi connectivity index (χ2v) is 3.85. The summed E-state index contributed by atoms with van der Waals surface area (Å²) in [5, 5.41) is 11.2. The molecule has 1 heterocycles. The van der Waals surface area contributed by atoms with E-state index in [1.165, 1.54) is 18.3 Å². The van der Waals surface area contributed by atoms with Gasteiger partial charge in [0.15, 0.2) is 0 Å². The third kappa shape index (κ3) is 6.19. The minimum absolute atomic E-state index is 0.0205. The number of aromatic carboxylic acids is 1. The first-order valence-corrected chi connectivity index (χ1v) is 5.80. The van der Waals surface area contributed by atoms with Gasteiger partial charge in [-0.15, -0.1) is 0 Å². The number of carboxylic acids is 1. The highest BCUT2D eigenvalue weighted by Gasteiger charge is 2.06. The molecule has 0 fully saturated rings. The highest BCUT2D eigenvalue weighted by molar-refractivity contribution is 5.85. The molecule has 0 spiro atoms. The fourth-order valence-electron chi connectivity index (χ4n) is 1.28. The van der Waals surface area contributed by atoms with E-state index >= 15 is 0 Å². The average Bonchev–Trinajstić information content (AvgIpc) is 2.41. The van der Waals surface area contributed by atoms with Crippen molar-refractivity contribution in [1.29, 1.82) is 0 Å². The Kier molecular flexibility index (Phi) is 6.51.